The first-order valence-corrected chi connectivity index (χ1v) is 6.65. The van der Waals surface area contributed by atoms with Crippen molar-refractivity contribution in [3.63, 3.8) is 0 Å². The van der Waals surface area contributed by atoms with E-state index in [1.54, 1.807) is 14.2 Å². The molecule has 0 spiro atoms. The van der Waals surface area contributed by atoms with Gasteiger partial charge >= 0.3 is 0 Å². The molecular formula is C14H22IN3O3. The van der Waals surface area contributed by atoms with Crippen LogP contribution >= 0.6 is 24.0 Å². The number of hydrogen-bond donors (Lipinski definition) is 2. The molecule has 0 saturated carbocycles. The van der Waals surface area contributed by atoms with E-state index >= 15 is 0 Å². The number of rotatable bonds is 6. The average molecular weight is 407 g/mol. The van der Waals surface area contributed by atoms with Gasteiger partial charge in [0.15, 0.2) is 17.5 Å². The van der Waals surface area contributed by atoms with Gasteiger partial charge in [0.1, 0.15) is 0 Å². The number of benzene rings is 1. The summed E-state index contributed by atoms with van der Waals surface area (Å²) in [6.45, 7) is 2.50. The second-order valence-corrected chi connectivity index (χ2v) is 4.36. The number of fused-ring (bicyclic) bond motifs is 1. The number of nitrogens with one attached hydrogen (secondary N) is 2. The van der Waals surface area contributed by atoms with Crippen LogP contribution in [0.4, 0.5) is 0 Å². The summed E-state index contributed by atoms with van der Waals surface area (Å²) in [6.07, 6.45) is 0.890. The third kappa shape index (κ3) is 5.58. The molecule has 0 aromatic heterocycles. The zero-order valence-electron chi connectivity index (χ0n) is 12.3. The van der Waals surface area contributed by atoms with E-state index in [0.717, 1.165) is 37.0 Å². The molecule has 0 bridgehead atoms. The van der Waals surface area contributed by atoms with Gasteiger partial charge in [-0.15, -0.1) is 24.0 Å². The van der Waals surface area contributed by atoms with Crippen molar-refractivity contribution in [3.8, 4) is 11.5 Å². The molecule has 6 nitrogen and oxygen atoms in total. The first kappa shape index (κ1) is 17.8. The van der Waals surface area contributed by atoms with Crippen LogP contribution in [-0.4, -0.2) is 46.6 Å². The highest BCUT2D eigenvalue weighted by Crippen LogP contribution is 2.32. The number of guanidine groups is 1. The molecule has 0 fully saturated rings. The van der Waals surface area contributed by atoms with Crippen LogP contribution < -0.4 is 20.1 Å². The van der Waals surface area contributed by atoms with Crippen LogP contribution in [0.5, 0.6) is 11.5 Å². The predicted octanol–water partition coefficient (Wildman–Crippen LogP) is 1.39. The Morgan fingerprint density at radius 1 is 1.24 bits per heavy atom. The van der Waals surface area contributed by atoms with Crippen LogP contribution in [0.15, 0.2) is 23.2 Å². The van der Waals surface area contributed by atoms with Gasteiger partial charge in [0.05, 0.1) is 6.61 Å². The summed E-state index contributed by atoms with van der Waals surface area (Å²) in [6, 6.07) is 6.02. The fraction of sp³-hybridized carbons (Fsp3) is 0.500. The Bertz CT molecular complexity index is 469. The number of hydrogen-bond acceptors (Lipinski definition) is 4. The van der Waals surface area contributed by atoms with Gasteiger partial charge in [-0.1, -0.05) is 6.07 Å². The number of aliphatic imine (C=N–C) groups is 1. The first-order valence-electron chi connectivity index (χ1n) is 6.65. The van der Waals surface area contributed by atoms with Gasteiger partial charge in [-0.25, -0.2) is 0 Å². The zero-order valence-corrected chi connectivity index (χ0v) is 14.7. The molecule has 0 saturated heterocycles. The molecule has 118 valence electrons. The lowest BCUT2D eigenvalue weighted by Crippen LogP contribution is -2.39. The molecule has 2 rings (SSSR count). The quantitative estimate of drug-likeness (QED) is 0.323. The molecule has 7 heteroatoms. The molecule has 0 atom stereocenters. The van der Waals surface area contributed by atoms with Crippen LogP contribution in [0.1, 0.15) is 5.56 Å². The molecule has 2 N–H and O–H groups in total. The summed E-state index contributed by atoms with van der Waals surface area (Å²) in [5.41, 5.74) is 1.20. The molecule has 1 aliphatic rings. The molecular weight excluding hydrogens is 385 g/mol. The molecule has 1 heterocycles. The maximum absolute atomic E-state index is 5.36. The fourth-order valence-electron chi connectivity index (χ4n) is 1.91. The molecule has 0 unspecified atom stereocenters. The molecule has 1 aromatic carbocycles. The highest BCUT2D eigenvalue weighted by Gasteiger charge is 2.12. The van der Waals surface area contributed by atoms with E-state index in [4.69, 9.17) is 14.2 Å². The number of methoxy groups -OCH3 is 1. The lowest BCUT2D eigenvalue weighted by atomic mass is 10.1. The first-order chi connectivity index (χ1) is 9.83. The largest absolute Gasteiger partial charge is 0.454 e. The Morgan fingerprint density at radius 2 is 2.00 bits per heavy atom. The molecule has 0 radical (unpaired) electrons. The molecule has 1 aliphatic heterocycles. The Balaban J connectivity index is 0.00000220. The third-order valence-electron chi connectivity index (χ3n) is 2.97. The van der Waals surface area contributed by atoms with Crippen LogP contribution in [0.25, 0.3) is 0 Å². The lowest BCUT2D eigenvalue weighted by molar-refractivity contribution is 0.174. The van der Waals surface area contributed by atoms with Crippen LogP contribution in [-0.2, 0) is 11.2 Å². The molecule has 21 heavy (non-hydrogen) atoms. The second-order valence-electron chi connectivity index (χ2n) is 4.36. The number of nitrogens with zero attached hydrogens (tertiary/aromatic N) is 1. The standard InChI is InChI=1S/C14H21N3O3.HI/c1-15-14(17-7-8-18-2)16-6-5-11-3-4-12-13(9-11)20-10-19-12;/h3-4,9H,5-8,10H2,1-2H3,(H2,15,16,17);1H. The molecule has 0 aliphatic carbocycles. The van der Waals surface area contributed by atoms with Gasteiger partial charge in [-0.05, 0) is 24.1 Å². The summed E-state index contributed by atoms with van der Waals surface area (Å²) >= 11 is 0. The fourth-order valence-corrected chi connectivity index (χ4v) is 1.91. The average Bonchev–Trinajstić information content (AvgIpc) is 2.93. The normalized spacial score (nSPS) is 12.8. The van der Waals surface area contributed by atoms with Crippen molar-refractivity contribution in [3.05, 3.63) is 23.8 Å². The van der Waals surface area contributed by atoms with Crippen molar-refractivity contribution in [1.29, 1.82) is 0 Å². The van der Waals surface area contributed by atoms with E-state index < -0.39 is 0 Å². The van der Waals surface area contributed by atoms with Gasteiger partial charge in [0, 0.05) is 27.2 Å². The minimum Gasteiger partial charge on any atom is -0.454 e. The topological polar surface area (TPSA) is 64.1 Å². The van der Waals surface area contributed by atoms with Crippen molar-refractivity contribution in [2.45, 2.75) is 6.42 Å². The summed E-state index contributed by atoms with van der Waals surface area (Å²) in [5, 5.41) is 6.42. The van der Waals surface area contributed by atoms with Crippen molar-refractivity contribution < 1.29 is 14.2 Å². The van der Waals surface area contributed by atoms with E-state index in [-0.39, 0.29) is 24.0 Å². The SMILES string of the molecule is CN=C(NCCOC)NCCc1ccc2c(c1)OCO2.I. The molecule has 0 amide bonds. The van der Waals surface area contributed by atoms with Crippen LogP contribution in [0.3, 0.4) is 0 Å². The van der Waals surface area contributed by atoms with E-state index in [0.29, 0.717) is 13.4 Å². The van der Waals surface area contributed by atoms with Crippen molar-refractivity contribution >= 4 is 29.9 Å². The Kier molecular flexibility index (Phi) is 8.21. The summed E-state index contributed by atoms with van der Waals surface area (Å²) in [4.78, 5) is 4.14. The van der Waals surface area contributed by atoms with Crippen molar-refractivity contribution in [2.75, 3.05) is 40.6 Å². The van der Waals surface area contributed by atoms with E-state index in [1.807, 2.05) is 12.1 Å². The molecule has 1 aromatic rings. The summed E-state index contributed by atoms with van der Waals surface area (Å²) in [5.74, 6) is 2.42. The monoisotopic (exact) mass is 407 g/mol. The Labute approximate surface area is 142 Å². The van der Waals surface area contributed by atoms with Crippen LogP contribution in [0.2, 0.25) is 0 Å². The highest BCUT2D eigenvalue weighted by atomic mass is 127. The number of halogens is 1. The van der Waals surface area contributed by atoms with Gasteiger partial charge < -0.3 is 24.8 Å². The minimum absolute atomic E-state index is 0. The smallest absolute Gasteiger partial charge is 0.231 e. The predicted molar refractivity (Wildman–Crippen MR) is 92.9 cm³/mol. The van der Waals surface area contributed by atoms with Crippen molar-refractivity contribution in [2.24, 2.45) is 4.99 Å². The minimum atomic E-state index is 0. The summed E-state index contributed by atoms with van der Waals surface area (Å²) < 4.78 is 15.6. The lowest BCUT2D eigenvalue weighted by Gasteiger charge is -2.11. The summed E-state index contributed by atoms with van der Waals surface area (Å²) in [7, 11) is 3.43. The Morgan fingerprint density at radius 3 is 2.76 bits per heavy atom. The van der Waals surface area contributed by atoms with Gasteiger partial charge in [0.25, 0.3) is 0 Å². The van der Waals surface area contributed by atoms with Gasteiger partial charge in [-0.2, -0.15) is 0 Å². The Hall–Kier alpha value is -1.22. The maximum atomic E-state index is 5.36. The third-order valence-corrected chi connectivity index (χ3v) is 2.97. The highest BCUT2D eigenvalue weighted by molar-refractivity contribution is 14.0. The number of ether oxygens (including phenoxy) is 3. The van der Waals surface area contributed by atoms with E-state index in [9.17, 15) is 0 Å². The zero-order chi connectivity index (χ0) is 14.2. The maximum Gasteiger partial charge on any atom is 0.231 e. The van der Waals surface area contributed by atoms with Crippen molar-refractivity contribution in [1.82, 2.24) is 10.6 Å². The van der Waals surface area contributed by atoms with Gasteiger partial charge in [0.2, 0.25) is 6.79 Å². The van der Waals surface area contributed by atoms with E-state index in [2.05, 4.69) is 21.7 Å². The van der Waals surface area contributed by atoms with E-state index in [1.165, 1.54) is 5.56 Å². The van der Waals surface area contributed by atoms with Crippen LogP contribution in [0, 0.1) is 0 Å². The second kappa shape index (κ2) is 9.67. The van der Waals surface area contributed by atoms with Gasteiger partial charge in [-0.3, -0.25) is 4.99 Å².